The molecule has 0 aliphatic heterocycles. The largest absolute Gasteiger partial charge is 0.497 e. The highest BCUT2D eigenvalue weighted by Gasteiger charge is 2.25. The summed E-state index contributed by atoms with van der Waals surface area (Å²) in [4.78, 5) is 26.7. The van der Waals surface area contributed by atoms with E-state index in [1.807, 2.05) is 55.5 Å². The van der Waals surface area contributed by atoms with Crippen molar-refractivity contribution in [1.82, 2.24) is 10.2 Å². The Balaban J connectivity index is 2.13. The highest BCUT2D eigenvalue weighted by molar-refractivity contribution is 5.87. The van der Waals surface area contributed by atoms with Crippen LogP contribution in [0, 0.1) is 6.92 Å². The maximum Gasteiger partial charge on any atom is 0.242 e. The summed E-state index contributed by atoms with van der Waals surface area (Å²) in [6, 6.07) is 15.2. The van der Waals surface area contributed by atoms with Crippen LogP contribution in [0.15, 0.2) is 48.5 Å². The summed E-state index contributed by atoms with van der Waals surface area (Å²) in [6.45, 7) is 4.15. The van der Waals surface area contributed by atoms with Gasteiger partial charge in [-0.1, -0.05) is 42.0 Å². The predicted octanol–water partition coefficient (Wildman–Crippen LogP) is 3.10. The zero-order valence-corrected chi connectivity index (χ0v) is 16.5. The molecule has 2 aromatic rings. The summed E-state index contributed by atoms with van der Waals surface area (Å²) in [5, 5.41) is 2.63. The molecule has 0 heterocycles. The third kappa shape index (κ3) is 5.84. The number of methoxy groups -OCH3 is 1. The number of nitrogens with one attached hydrogen (secondary N) is 1. The number of hydrogen-bond acceptors (Lipinski definition) is 3. The van der Waals surface area contributed by atoms with E-state index in [1.165, 1.54) is 5.56 Å². The Morgan fingerprint density at radius 1 is 1.11 bits per heavy atom. The van der Waals surface area contributed by atoms with Crippen LogP contribution in [0.5, 0.6) is 5.75 Å². The van der Waals surface area contributed by atoms with Crippen LogP contribution in [0.25, 0.3) is 0 Å². The number of likely N-dealkylation sites (N-methyl/N-ethyl adjacent to an activating group) is 1. The molecule has 27 heavy (non-hydrogen) atoms. The number of amides is 2. The van der Waals surface area contributed by atoms with Crippen LogP contribution in [0.3, 0.4) is 0 Å². The molecule has 144 valence electrons. The van der Waals surface area contributed by atoms with Gasteiger partial charge >= 0.3 is 0 Å². The van der Waals surface area contributed by atoms with Gasteiger partial charge in [0, 0.05) is 20.0 Å². The van der Waals surface area contributed by atoms with E-state index in [0.29, 0.717) is 19.4 Å². The van der Waals surface area contributed by atoms with Crippen LogP contribution < -0.4 is 10.1 Å². The molecule has 0 saturated heterocycles. The van der Waals surface area contributed by atoms with Gasteiger partial charge in [-0.05, 0) is 43.5 Å². The molecule has 0 spiro atoms. The molecule has 5 nitrogen and oxygen atoms in total. The van der Waals surface area contributed by atoms with Crippen LogP contribution in [-0.4, -0.2) is 36.9 Å². The summed E-state index contributed by atoms with van der Waals surface area (Å²) in [7, 11) is 3.19. The number of aryl methyl sites for hydroxylation is 2. The number of nitrogens with zero attached hydrogens (tertiary/aromatic N) is 1. The Bertz CT molecular complexity index is 771. The molecule has 0 saturated carbocycles. The molecular weight excluding hydrogens is 340 g/mol. The number of hydrogen-bond donors (Lipinski definition) is 1. The zero-order chi connectivity index (χ0) is 19.8. The summed E-state index contributed by atoms with van der Waals surface area (Å²) >= 11 is 0. The van der Waals surface area contributed by atoms with E-state index < -0.39 is 6.04 Å². The van der Waals surface area contributed by atoms with E-state index in [4.69, 9.17) is 4.74 Å². The van der Waals surface area contributed by atoms with E-state index in [-0.39, 0.29) is 11.8 Å². The van der Waals surface area contributed by atoms with Gasteiger partial charge in [-0.2, -0.15) is 0 Å². The SMILES string of the molecule is CNC(=O)[C@@H](C)N(Cc1cccc(OC)c1)C(=O)CCc1ccc(C)cc1. The first-order valence-electron chi connectivity index (χ1n) is 9.14. The van der Waals surface area contributed by atoms with Gasteiger partial charge < -0.3 is 15.0 Å². The van der Waals surface area contributed by atoms with E-state index in [2.05, 4.69) is 5.32 Å². The first kappa shape index (κ1) is 20.5. The Labute approximate surface area is 161 Å². The summed E-state index contributed by atoms with van der Waals surface area (Å²) < 4.78 is 5.26. The second-order valence-corrected chi connectivity index (χ2v) is 6.65. The van der Waals surface area contributed by atoms with Gasteiger partial charge in [-0.25, -0.2) is 0 Å². The van der Waals surface area contributed by atoms with Crippen molar-refractivity contribution in [2.75, 3.05) is 14.2 Å². The molecule has 1 N–H and O–H groups in total. The molecule has 0 unspecified atom stereocenters. The van der Waals surface area contributed by atoms with Crippen molar-refractivity contribution in [1.29, 1.82) is 0 Å². The van der Waals surface area contributed by atoms with Gasteiger partial charge in [0.05, 0.1) is 7.11 Å². The fourth-order valence-electron chi connectivity index (χ4n) is 2.91. The van der Waals surface area contributed by atoms with Gasteiger partial charge in [-0.15, -0.1) is 0 Å². The lowest BCUT2D eigenvalue weighted by Crippen LogP contribution is -2.46. The predicted molar refractivity (Wildman–Crippen MR) is 107 cm³/mol. The normalized spacial score (nSPS) is 11.6. The number of rotatable bonds is 8. The van der Waals surface area contributed by atoms with Crippen LogP contribution in [-0.2, 0) is 22.6 Å². The average molecular weight is 368 g/mol. The molecule has 0 aliphatic carbocycles. The Kier molecular flexibility index (Phi) is 7.41. The van der Waals surface area contributed by atoms with Crippen LogP contribution >= 0.6 is 0 Å². The van der Waals surface area contributed by atoms with Crippen molar-refractivity contribution < 1.29 is 14.3 Å². The van der Waals surface area contributed by atoms with Gasteiger partial charge in [-0.3, -0.25) is 9.59 Å². The zero-order valence-electron chi connectivity index (χ0n) is 16.5. The quantitative estimate of drug-likeness (QED) is 0.779. The summed E-state index contributed by atoms with van der Waals surface area (Å²) in [5.41, 5.74) is 3.23. The molecule has 0 aromatic heterocycles. The summed E-state index contributed by atoms with van der Waals surface area (Å²) in [6.07, 6.45) is 1.00. The smallest absolute Gasteiger partial charge is 0.242 e. The fraction of sp³-hybridized carbons (Fsp3) is 0.364. The second kappa shape index (κ2) is 9.76. The lowest BCUT2D eigenvalue weighted by Gasteiger charge is -2.28. The van der Waals surface area contributed by atoms with Gasteiger partial charge in [0.25, 0.3) is 0 Å². The first-order chi connectivity index (χ1) is 12.9. The van der Waals surface area contributed by atoms with Crippen molar-refractivity contribution >= 4 is 11.8 Å². The van der Waals surface area contributed by atoms with E-state index in [9.17, 15) is 9.59 Å². The molecule has 1 atom stereocenters. The minimum absolute atomic E-state index is 0.0468. The van der Waals surface area contributed by atoms with Crippen molar-refractivity contribution in [2.45, 2.75) is 39.3 Å². The Morgan fingerprint density at radius 3 is 2.44 bits per heavy atom. The Hall–Kier alpha value is -2.82. The minimum Gasteiger partial charge on any atom is -0.497 e. The first-order valence-corrected chi connectivity index (χ1v) is 9.14. The van der Waals surface area contributed by atoms with Crippen molar-refractivity contribution in [3.8, 4) is 5.75 Å². The molecule has 0 radical (unpaired) electrons. The highest BCUT2D eigenvalue weighted by Crippen LogP contribution is 2.17. The molecule has 2 amide bonds. The number of carbonyl (C=O) groups excluding carboxylic acids is 2. The highest BCUT2D eigenvalue weighted by atomic mass is 16.5. The van der Waals surface area contributed by atoms with E-state index in [1.54, 1.807) is 26.0 Å². The topological polar surface area (TPSA) is 58.6 Å². The van der Waals surface area contributed by atoms with Crippen molar-refractivity contribution in [3.05, 3.63) is 65.2 Å². The third-order valence-corrected chi connectivity index (χ3v) is 4.65. The lowest BCUT2D eigenvalue weighted by atomic mass is 10.1. The average Bonchev–Trinajstić information content (AvgIpc) is 2.70. The van der Waals surface area contributed by atoms with E-state index >= 15 is 0 Å². The van der Waals surface area contributed by atoms with Crippen molar-refractivity contribution in [3.63, 3.8) is 0 Å². The van der Waals surface area contributed by atoms with Gasteiger partial charge in [0.2, 0.25) is 11.8 Å². The van der Waals surface area contributed by atoms with Gasteiger partial charge in [0.1, 0.15) is 11.8 Å². The maximum absolute atomic E-state index is 12.9. The minimum atomic E-state index is -0.549. The second-order valence-electron chi connectivity index (χ2n) is 6.65. The van der Waals surface area contributed by atoms with Crippen LogP contribution in [0.1, 0.15) is 30.0 Å². The standard InChI is InChI=1S/C22H28N2O3/c1-16-8-10-18(11-9-16)12-13-21(25)24(17(2)22(26)23-3)15-19-6-5-7-20(14-19)27-4/h5-11,14,17H,12-13,15H2,1-4H3,(H,23,26)/t17-/m1/s1. The fourth-order valence-corrected chi connectivity index (χ4v) is 2.91. The molecule has 0 aliphatic rings. The van der Waals surface area contributed by atoms with E-state index in [0.717, 1.165) is 16.9 Å². The molecule has 0 bridgehead atoms. The lowest BCUT2D eigenvalue weighted by molar-refractivity contribution is -0.140. The van der Waals surface area contributed by atoms with Crippen LogP contribution in [0.2, 0.25) is 0 Å². The van der Waals surface area contributed by atoms with Gasteiger partial charge in [0.15, 0.2) is 0 Å². The van der Waals surface area contributed by atoms with Crippen LogP contribution in [0.4, 0.5) is 0 Å². The molecule has 2 aromatic carbocycles. The number of carbonyl (C=O) groups is 2. The molecular formula is C22H28N2O3. The monoisotopic (exact) mass is 368 g/mol. The number of benzene rings is 2. The van der Waals surface area contributed by atoms with Crippen molar-refractivity contribution in [2.24, 2.45) is 0 Å². The maximum atomic E-state index is 12.9. The summed E-state index contributed by atoms with van der Waals surface area (Å²) in [5.74, 6) is 0.503. The molecule has 2 rings (SSSR count). The molecule has 0 fully saturated rings. The number of ether oxygens (including phenoxy) is 1. The molecule has 5 heteroatoms. The third-order valence-electron chi connectivity index (χ3n) is 4.65. The Morgan fingerprint density at radius 2 is 1.81 bits per heavy atom.